The Morgan fingerprint density at radius 2 is 1.30 bits per heavy atom. The lowest BCUT2D eigenvalue weighted by Crippen LogP contribution is -2.36. The zero-order chi connectivity index (χ0) is 30.8. The molecule has 0 heterocycles. The van der Waals surface area contributed by atoms with Crippen molar-refractivity contribution in [1.82, 2.24) is 0 Å². The molecule has 0 bridgehead atoms. The molecule has 0 radical (unpaired) electrons. The van der Waals surface area contributed by atoms with Crippen LogP contribution in [0.15, 0.2) is 119 Å². The number of hydrogen-bond acceptors (Lipinski definition) is 4. The van der Waals surface area contributed by atoms with E-state index in [4.69, 9.17) is 4.74 Å². The van der Waals surface area contributed by atoms with Crippen molar-refractivity contribution in [2.75, 3.05) is 6.61 Å². The van der Waals surface area contributed by atoms with Gasteiger partial charge >= 0.3 is 12.1 Å². The number of carboxylic acid groups (broad SMARTS) is 1. The molecule has 0 aromatic heterocycles. The lowest BCUT2D eigenvalue weighted by Gasteiger charge is -2.37. The van der Waals surface area contributed by atoms with Crippen LogP contribution < -0.4 is 0 Å². The highest BCUT2D eigenvalue weighted by Gasteiger charge is 2.48. The Bertz CT molecular complexity index is 1580. The fourth-order valence-corrected chi connectivity index (χ4v) is 8.39. The van der Waals surface area contributed by atoms with Crippen LogP contribution in [0.1, 0.15) is 35.1 Å². The first-order valence-electron chi connectivity index (χ1n) is 13.6. The van der Waals surface area contributed by atoms with Gasteiger partial charge in [-0.3, -0.25) is 4.79 Å². The summed E-state index contributed by atoms with van der Waals surface area (Å²) in [6.45, 7) is -0.145. The van der Waals surface area contributed by atoms with Gasteiger partial charge in [-0.2, -0.15) is 13.2 Å². The van der Waals surface area contributed by atoms with E-state index < -0.39 is 55.1 Å². The maximum absolute atomic E-state index is 13.9. The number of aliphatic carboxylic acids is 1. The van der Waals surface area contributed by atoms with Crippen LogP contribution in [0.3, 0.4) is 0 Å². The normalized spacial score (nSPS) is 19.3. The van der Waals surface area contributed by atoms with E-state index in [-0.39, 0.29) is 23.9 Å². The molecule has 0 aliphatic heterocycles. The second kappa shape index (κ2) is 12.3. The van der Waals surface area contributed by atoms with Gasteiger partial charge in [0.05, 0.1) is 28.2 Å². The van der Waals surface area contributed by atoms with Crippen LogP contribution >= 0.6 is 15.9 Å². The highest BCUT2D eigenvalue weighted by molar-refractivity contribution is 9.10. The third kappa shape index (κ3) is 6.14. The summed E-state index contributed by atoms with van der Waals surface area (Å²) in [6, 6.07) is 31.1. The highest BCUT2D eigenvalue weighted by atomic mass is 79.9. The van der Waals surface area contributed by atoms with Crippen molar-refractivity contribution in [3.63, 3.8) is 0 Å². The average Bonchev–Trinajstić information content (AvgIpc) is 3.44. The number of rotatable bonds is 9. The first-order chi connectivity index (χ1) is 20.4. The quantitative estimate of drug-likeness (QED) is 0.184. The van der Waals surface area contributed by atoms with Crippen LogP contribution in [0.4, 0.5) is 13.2 Å². The molecule has 5 rings (SSSR count). The summed E-state index contributed by atoms with van der Waals surface area (Å²) in [6.07, 6.45) is -5.41. The van der Waals surface area contributed by atoms with Gasteiger partial charge in [0.1, 0.15) is 5.60 Å². The van der Waals surface area contributed by atoms with Gasteiger partial charge in [0.15, 0.2) is 9.84 Å². The zero-order valence-electron chi connectivity index (χ0n) is 22.7. The standard InChI is InChI=1S/C33H28BrF3O5S/c34-26-16-17-30(29(19-26)33(35,36)37)43(40,41)27-18-22(28(20-27)31(38)39)21-42-32(23-10-4-1-5-11-23,24-12-6-2-7-13-24)25-14-8-3-9-15-25/h1-17,19,22,27-28H,18,20-21H2,(H,38,39)/t22-,27-,28+/m0/s1. The summed E-state index contributed by atoms with van der Waals surface area (Å²) in [5.74, 6) is -3.13. The Kier molecular flexibility index (Phi) is 8.83. The molecule has 1 aliphatic rings. The zero-order valence-corrected chi connectivity index (χ0v) is 25.1. The third-order valence-electron chi connectivity index (χ3n) is 8.02. The Morgan fingerprint density at radius 3 is 1.74 bits per heavy atom. The number of halogens is 4. The molecule has 5 nitrogen and oxygen atoms in total. The smallest absolute Gasteiger partial charge is 0.417 e. The first kappa shape index (κ1) is 31.0. The molecule has 43 heavy (non-hydrogen) atoms. The Labute approximate surface area is 256 Å². The molecule has 10 heteroatoms. The van der Waals surface area contributed by atoms with Crippen LogP contribution in [-0.2, 0) is 31.1 Å². The van der Waals surface area contributed by atoms with Crippen LogP contribution in [0.5, 0.6) is 0 Å². The van der Waals surface area contributed by atoms with E-state index in [1.165, 1.54) is 6.07 Å². The summed E-state index contributed by atoms with van der Waals surface area (Å²) in [5.41, 5.74) is -0.105. The molecule has 0 amide bonds. The Hall–Kier alpha value is -3.47. The summed E-state index contributed by atoms with van der Waals surface area (Å²) < 4.78 is 75.7. The van der Waals surface area contributed by atoms with Gasteiger partial charge in [-0.05, 0) is 53.6 Å². The molecule has 4 aromatic rings. The minimum atomic E-state index is -4.92. The van der Waals surface area contributed by atoms with Gasteiger partial charge in [-0.15, -0.1) is 0 Å². The SMILES string of the molecule is O=C(O)[C@@H]1C[C@@H](S(=O)(=O)c2ccc(Br)cc2C(F)(F)F)C[C@H]1COC(c1ccccc1)(c1ccccc1)c1ccccc1. The number of carboxylic acids is 1. The topological polar surface area (TPSA) is 80.7 Å². The van der Waals surface area contributed by atoms with Crippen LogP contribution in [0.25, 0.3) is 0 Å². The number of hydrogen-bond donors (Lipinski definition) is 1. The van der Waals surface area contributed by atoms with Crippen molar-refractivity contribution in [3.05, 3.63) is 136 Å². The molecule has 0 spiro atoms. The first-order valence-corrected chi connectivity index (χ1v) is 15.9. The fourth-order valence-electron chi connectivity index (χ4n) is 5.97. The van der Waals surface area contributed by atoms with E-state index in [2.05, 4.69) is 15.9 Å². The van der Waals surface area contributed by atoms with Gasteiger partial charge in [0, 0.05) is 4.47 Å². The predicted molar refractivity (Wildman–Crippen MR) is 159 cm³/mol. The number of carbonyl (C=O) groups is 1. The van der Waals surface area contributed by atoms with Crippen molar-refractivity contribution < 1.29 is 36.2 Å². The predicted octanol–water partition coefficient (Wildman–Crippen LogP) is 7.73. The molecular weight excluding hydrogens is 645 g/mol. The molecule has 3 atom stereocenters. The molecule has 1 fully saturated rings. The van der Waals surface area contributed by atoms with Crippen LogP contribution in [0.2, 0.25) is 0 Å². The van der Waals surface area contributed by atoms with E-state index in [0.29, 0.717) is 0 Å². The number of ether oxygens (including phenoxy) is 1. The number of benzene rings is 4. The monoisotopic (exact) mass is 672 g/mol. The van der Waals surface area contributed by atoms with Gasteiger partial charge < -0.3 is 9.84 Å². The van der Waals surface area contributed by atoms with Crippen molar-refractivity contribution in [3.8, 4) is 0 Å². The highest BCUT2D eigenvalue weighted by Crippen LogP contribution is 2.45. The minimum Gasteiger partial charge on any atom is -0.481 e. The van der Waals surface area contributed by atoms with E-state index in [9.17, 15) is 31.5 Å². The van der Waals surface area contributed by atoms with Crippen LogP contribution in [-0.4, -0.2) is 31.4 Å². The molecule has 0 saturated heterocycles. The second-order valence-corrected chi connectivity index (χ2v) is 13.7. The van der Waals surface area contributed by atoms with Crippen molar-refractivity contribution in [2.24, 2.45) is 11.8 Å². The molecular formula is C33H28BrF3O5S. The lowest BCUT2D eigenvalue weighted by atomic mass is 9.80. The van der Waals surface area contributed by atoms with Crippen molar-refractivity contribution >= 4 is 31.7 Å². The minimum absolute atomic E-state index is 0.0824. The summed E-state index contributed by atoms with van der Waals surface area (Å²) in [5, 5.41) is 8.77. The molecule has 0 unspecified atom stereocenters. The Morgan fingerprint density at radius 1 is 0.814 bits per heavy atom. The number of alkyl halides is 3. The molecule has 1 N–H and O–H groups in total. The molecule has 4 aromatic carbocycles. The van der Waals surface area contributed by atoms with E-state index in [1.807, 2.05) is 91.0 Å². The van der Waals surface area contributed by atoms with E-state index >= 15 is 0 Å². The maximum Gasteiger partial charge on any atom is 0.417 e. The summed E-state index contributed by atoms with van der Waals surface area (Å²) in [4.78, 5) is 11.5. The van der Waals surface area contributed by atoms with Crippen molar-refractivity contribution in [1.29, 1.82) is 0 Å². The van der Waals surface area contributed by atoms with E-state index in [0.717, 1.165) is 28.8 Å². The lowest BCUT2D eigenvalue weighted by molar-refractivity contribution is -0.144. The summed E-state index contributed by atoms with van der Waals surface area (Å²) in [7, 11) is -4.54. The second-order valence-electron chi connectivity index (χ2n) is 10.6. The molecule has 1 saturated carbocycles. The molecule has 1 aliphatic carbocycles. The number of sulfone groups is 1. The molecule has 224 valence electrons. The average molecular weight is 674 g/mol. The fraction of sp³-hybridized carbons (Fsp3) is 0.242. The van der Waals surface area contributed by atoms with Gasteiger partial charge in [0.25, 0.3) is 0 Å². The Balaban J connectivity index is 1.54. The largest absolute Gasteiger partial charge is 0.481 e. The van der Waals surface area contributed by atoms with Crippen molar-refractivity contribution in [2.45, 2.75) is 34.8 Å². The van der Waals surface area contributed by atoms with Gasteiger partial charge in [-0.1, -0.05) is 107 Å². The van der Waals surface area contributed by atoms with E-state index in [1.54, 1.807) is 0 Å². The summed E-state index contributed by atoms with van der Waals surface area (Å²) >= 11 is 2.98. The van der Waals surface area contributed by atoms with Gasteiger partial charge in [0.2, 0.25) is 0 Å². The van der Waals surface area contributed by atoms with Gasteiger partial charge in [-0.25, -0.2) is 8.42 Å². The third-order valence-corrected chi connectivity index (χ3v) is 10.7. The van der Waals surface area contributed by atoms with Crippen LogP contribution in [0, 0.1) is 11.8 Å². The maximum atomic E-state index is 13.9.